The van der Waals surface area contributed by atoms with Crippen molar-refractivity contribution in [1.82, 2.24) is 5.32 Å². The normalized spacial score (nSPS) is 16.2. The predicted octanol–water partition coefficient (Wildman–Crippen LogP) is 4.31. The Morgan fingerprint density at radius 1 is 1.14 bits per heavy atom. The van der Waals surface area contributed by atoms with Crippen LogP contribution in [0.2, 0.25) is 0 Å². The Bertz CT molecular complexity index is 859. The first kappa shape index (κ1) is 19.7. The maximum atomic E-state index is 12.9. The first-order chi connectivity index (χ1) is 13.3. The van der Waals surface area contributed by atoms with Crippen LogP contribution in [0.5, 0.6) is 5.75 Å². The summed E-state index contributed by atoms with van der Waals surface area (Å²) in [5.41, 5.74) is 2.04. The van der Waals surface area contributed by atoms with Crippen LogP contribution in [-0.4, -0.2) is 23.6 Å². The minimum Gasteiger partial charge on any atom is -0.478 e. The monoisotopic (exact) mass is 381 g/mol. The van der Waals surface area contributed by atoms with E-state index in [9.17, 15) is 9.59 Å². The molecule has 0 spiro atoms. The summed E-state index contributed by atoms with van der Waals surface area (Å²) in [6.07, 6.45) is 0.0426. The van der Waals surface area contributed by atoms with E-state index in [1.54, 1.807) is 17.0 Å². The van der Waals surface area contributed by atoms with E-state index in [1.807, 2.05) is 64.1 Å². The van der Waals surface area contributed by atoms with Gasteiger partial charge in [0.05, 0.1) is 12.2 Å². The maximum Gasteiger partial charge on any atom is 0.319 e. The highest BCUT2D eigenvalue weighted by Gasteiger charge is 2.33. The molecule has 0 fully saturated rings. The van der Waals surface area contributed by atoms with Crippen LogP contribution in [0.1, 0.15) is 39.7 Å². The van der Waals surface area contributed by atoms with Gasteiger partial charge in [-0.15, -0.1) is 0 Å². The van der Waals surface area contributed by atoms with Crippen molar-refractivity contribution in [2.75, 3.05) is 10.2 Å². The van der Waals surface area contributed by atoms with E-state index in [-0.39, 0.29) is 17.5 Å². The van der Waals surface area contributed by atoms with Crippen molar-refractivity contribution in [2.45, 2.75) is 52.3 Å². The van der Waals surface area contributed by atoms with Crippen LogP contribution in [0.15, 0.2) is 48.5 Å². The van der Waals surface area contributed by atoms with Gasteiger partial charge in [-0.2, -0.15) is 0 Å². The first-order valence-corrected chi connectivity index (χ1v) is 9.52. The Kier molecular flexibility index (Phi) is 5.58. The molecule has 1 aliphatic heterocycles. The number of benzene rings is 2. The summed E-state index contributed by atoms with van der Waals surface area (Å²) in [6, 6.07) is 14.9. The summed E-state index contributed by atoms with van der Waals surface area (Å²) in [5, 5.41) is 5.68. The van der Waals surface area contributed by atoms with Crippen molar-refractivity contribution >= 4 is 23.3 Å². The number of carbonyl (C=O) groups is 2. The average Bonchev–Trinajstić information content (AvgIpc) is 2.63. The maximum absolute atomic E-state index is 12.9. The van der Waals surface area contributed by atoms with Crippen molar-refractivity contribution in [2.24, 2.45) is 0 Å². The van der Waals surface area contributed by atoms with Crippen LogP contribution >= 0.6 is 0 Å². The average molecular weight is 381 g/mol. The summed E-state index contributed by atoms with van der Waals surface area (Å²) in [6.45, 7) is 8.15. The number of nitrogens with zero attached hydrogens (tertiary/aromatic N) is 1. The van der Waals surface area contributed by atoms with Gasteiger partial charge in [0.25, 0.3) is 5.91 Å². The second-order valence-corrected chi connectivity index (χ2v) is 7.94. The molecule has 6 heteroatoms. The fourth-order valence-corrected chi connectivity index (χ4v) is 3.10. The largest absolute Gasteiger partial charge is 0.478 e. The third-order valence-electron chi connectivity index (χ3n) is 4.36. The molecule has 1 aliphatic rings. The summed E-state index contributed by atoms with van der Waals surface area (Å²) in [5.74, 6) is 0.543. The molecule has 6 nitrogen and oxygen atoms in total. The Morgan fingerprint density at radius 2 is 1.86 bits per heavy atom. The van der Waals surface area contributed by atoms with Crippen LogP contribution in [0.4, 0.5) is 16.2 Å². The minimum atomic E-state index is -0.533. The summed E-state index contributed by atoms with van der Waals surface area (Å²) in [7, 11) is 0. The van der Waals surface area contributed by atoms with Crippen molar-refractivity contribution in [3.8, 4) is 5.75 Å². The lowest BCUT2D eigenvalue weighted by atomic mass is 10.1. The number of rotatable bonds is 4. The molecule has 2 aromatic carbocycles. The molecular weight excluding hydrogens is 354 g/mol. The van der Waals surface area contributed by atoms with Gasteiger partial charge >= 0.3 is 6.03 Å². The standard InChI is InChI=1S/C22H27N3O3/c1-5-18-20(26)25(14-15-9-7-6-8-10-15)17-12-11-16(13-19(17)28-18)23-21(27)24-22(2,3)4/h6-13,18H,5,14H2,1-4H3,(H2,23,24,27)/t18-/m1/s1. The molecule has 2 N–H and O–H groups in total. The van der Waals surface area contributed by atoms with Crippen molar-refractivity contribution in [3.63, 3.8) is 0 Å². The predicted molar refractivity (Wildman–Crippen MR) is 111 cm³/mol. The van der Waals surface area contributed by atoms with Crippen LogP contribution in [0.25, 0.3) is 0 Å². The van der Waals surface area contributed by atoms with Gasteiger partial charge in [0.1, 0.15) is 5.75 Å². The minimum absolute atomic E-state index is 0.0509. The zero-order valence-electron chi connectivity index (χ0n) is 16.8. The number of carbonyl (C=O) groups excluding carboxylic acids is 2. The lowest BCUT2D eigenvalue weighted by molar-refractivity contribution is -0.126. The van der Waals surface area contributed by atoms with Gasteiger partial charge in [-0.3, -0.25) is 4.79 Å². The molecule has 2 aromatic rings. The summed E-state index contributed by atoms with van der Waals surface area (Å²) in [4.78, 5) is 26.8. The zero-order valence-corrected chi connectivity index (χ0v) is 16.8. The number of anilines is 2. The Hall–Kier alpha value is -3.02. The Morgan fingerprint density at radius 3 is 2.50 bits per heavy atom. The van der Waals surface area contributed by atoms with E-state index in [2.05, 4.69) is 10.6 Å². The molecule has 3 amide bonds. The second kappa shape index (κ2) is 7.92. The quantitative estimate of drug-likeness (QED) is 0.829. The highest BCUT2D eigenvalue weighted by molar-refractivity contribution is 6.00. The van der Waals surface area contributed by atoms with Gasteiger partial charge in [0.2, 0.25) is 0 Å². The van der Waals surface area contributed by atoms with Crippen LogP contribution in [0.3, 0.4) is 0 Å². The Balaban J connectivity index is 1.86. The molecule has 0 saturated heterocycles. The van der Waals surface area contributed by atoms with Crippen LogP contribution in [0, 0.1) is 0 Å². The van der Waals surface area contributed by atoms with E-state index in [0.717, 1.165) is 5.56 Å². The lowest BCUT2D eigenvalue weighted by Gasteiger charge is -2.34. The molecule has 1 heterocycles. The molecule has 0 saturated carbocycles. The molecule has 0 radical (unpaired) electrons. The highest BCUT2D eigenvalue weighted by Crippen LogP contribution is 2.37. The van der Waals surface area contributed by atoms with Gasteiger partial charge in [0.15, 0.2) is 6.10 Å². The molecule has 3 rings (SSSR count). The third kappa shape index (κ3) is 4.63. The van der Waals surface area contributed by atoms with E-state index in [0.29, 0.717) is 30.1 Å². The first-order valence-electron chi connectivity index (χ1n) is 9.52. The van der Waals surface area contributed by atoms with Gasteiger partial charge < -0.3 is 20.3 Å². The molecule has 0 aliphatic carbocycles. The zero-order chi connectivity index (χ0) is 20.3. The Labute approximate surface area is 165 Å². The van der Waals surface area contributed by atoms with E-state index in [4.69, 9.17) is 4.74 Å². The van der Waals surface area contributed by atoms with Gasteiger partial charge in [-0.1, -0.05) is 37.3 Å². The number of urea groups is 1. The van der Waals surface area contributed by atoms with Crippen molar-refractivity contribution in [3.05, 3.63) is 54.1 Å². The fourth-order valence-electron chi connectivity index (χ4n) is 3.10. The number of hydrogen-bond acceptors (Lipinski definition) is 3. The van der Waals surface area contributed by atoms with Crippen molar-refractivity contribution in [1.29, 1.82) is 0 Å². The number of ether oxygens (including phenoxy) is 1. The van der Waals surface area contributed by atoms with Crippen LogP contribution in [-0.2, 0) is 11.3 Å². The topological polar surface area (TPSA) is 70.7 Å². The molecule has 0 aromatic heterocycles. The van der Waals surface area contributed by atoms with Gasteiger partial charge in [-0.05, 0) is 44.9 Å². The summed E-state index contributed by atoms with van der Waals surface area (Å²) < 4.78 is 5.92. The van der Waals surface area contributed by atoms with Crippen molar-refractivity contribution < 1.29 is 14.3 Å². The number of fused-ring (bicyclic) bond motifs is 1. The molecule has 148 valence electrons. The summed E-state index contributed by atoms with van der Waals surface area (Å²) >= 11 is 0. The number of nitrogens with one attached hydrogen (secondary N) is 2. The molecule has 28 heavy (non-hydrogen) atoms. The number of hydrogen-bond donors (Lipinski definition) is 2. The van der Waals surface area contributed by atoms with Gasteiger partial charge in [-0.25, -0.2) is 4.79 Å². The third-order valence-corrected chi connectivity index (χ3v) is 4.36. The molecule has 0 bridgehead atoms. The molecular formula is C22H27N3O3. The second-order valence-electron chi connectivity index (χ2n) is 7.94. The number of amides is 3. The smallest absolute Gasteiger partial charge is 0.319 e. The van der Waals surface area contributed by atoms with E-state index >= 15 is 0 Å². The van der Waals surface area contributed by atoms with E-state index < -0.39 is 6.10 Å². The SMILES string of the molecule is CC[C@H]1Oc2cc(NC(=O)NC(C)(C)C)ccc2N(Cc2ccccc2)C1=O. The molecule has 1 atom stereocenters. The fraction of sp³-hybridized carbons (Fsp3) is 0.364. The highest BCUT2D eigenvalue weighted by atomic mass is 16.5. The lowest BCUT2D eigenvalue weighted by Crippen LogP contribution is -2.45. The van der Waals surface area contributed by atoms with Crippen LogP contribution < -0.4 is 20.3 Å². The van der Waals surface area contributed by atoms with E-state index in [1.165, 1.54) is 0 Å². The van der Waals surface area contributed by atoms with Gasteiger partial charge in [0, 0.05) is 17.3 Å². The molecule has 0 unspecified atom stereocenters.